The molecule has 3 amide bonds. The van der Waals surface area contributed by atoms with E-state index >= 15 is 0 Å². The molecule has 2 heterocycles. The van der Waals surface area contributed by atoms with Crippen LogP contribution in [0.1, 0.15) is 37.7 Å². The zero-order valence-electron chi connectivity index (χ0n) is 13.8. The molecule has 24 heavy (non-hydrogen) atoms. The third-order valence-electron chi connectivity index (χ3n) is 5.48. The third-order valence-corrected chi connectivity index (χ3v) is 5.48. The molecule has 0 unspecified atom stereocenters. The fourth-order valence-electron chi connectivity index (χ4n) is 4.08. The van der Waals surface area contributed by atoms with E-state index in [2.05, 4.69) is 40.6 Å². The van der Waals surface area contributed by atoms with E-state index in [1.165, 1.54) is 16.0 Å². The van der Waals surface area contributed by atoms with Gasteiger partial charge in [-0.3, -0.25) is 9.69 Å². The molecule has 2 aliphatic heterocycles. The highest BCUT2D eigenvalue weighted by Crippen LogP contribution is 2.35. The lowest BCUT2D eigenvalue weighted by Gasteiger charge is -2.29. The van der Waals surface area contributed by atoms with Crippen LogP contribution in [0, 0.1) is 0 Å². The van der Waals surface area contributed by atoms with Crippen molar-refractivity contribution in [2.75, 3.05) is 19.8 Å². The fourth-order valence-corrected chi connectivity index (χ4v) is 4.08. The van der Waals surface area contributed by atoms with Gasteiger partial charge in [0.05, 0.1) is 6.67 Å². The Morgan fingerprint density at radius 2 is 1.83 bits per heavy atom. The summed E-state index contributed by atoms with van der Waals surface area (Å²) in [5, 5.41) is 2.95. The molecule has 1 aromatic rings. The van der Waals surface area contributed by atoms with E-state index < -0.39 is 5.54 Å². The average Bonchev–Trinajstić information content (AvgIpc) is 3.17. The summed E-state index contributed by atoms with van der Waals surface area (Å²) in [6, 6.07) is 10.2. The Labute approximate surface area is 142 Å². The number of carbonyl (C=O) groups excluding carboxylic acids is 2. The number of carbonyl (C=O) groups is 2. The summed E-state index contributed by atoms with van der Waals surface area (Å²) >= 11 is 0. The highest BCUT2D eigenvalue weighted by molar-refractivity contribution is 6.07. The maximum Gasteiger partial charge on any atom is 0.326 e. The maximum absolute atomic E-state index is 12.7. The van der Waals surface area contributed by atoms with Crippen LogP contribution in [0.5, 0.6) is 0 Å². The zero-order chi connectivity index (χ0) is 16.6. The van der Waals surface area contributed by atoms with Crippen molar-refractivity contribution in [1.82, 2.24) is 15.1 Å². The van der Waals surface area contributed by atoms with Crippen LogP contribution in [0.15, 0.2) is 36.4 Å². The first kappa shape index (κ1) is 15.4. The first-order valence-electron chi connectivity index (χ1n) is 8.79. The molecule has 1 aromatic carbocycles. The van der Waals surface area contributed by atoms with Gasteiger partial charge in [-0.05, 0) is 30.4 Å². The predicted molar refractivity (Wildman–Crippen MR) is 92.1 cm³/mol. The first-order chi connectivity index (χ1) is 11.7. The van der Waals surface area contributed by atoms with Crippen molar-refractivity contribution >= 4 is 17.5 Å². The molecule has 5 nitrogen and oxygen atoms in total. The van der Waals surface area contributed by atoms with Crippen molar-refractivity contribution < 1.29 is 9.59 Å². The first-order valence-corrected chi connectivity index (χ1v) is 8.79. The second kappa shape index (κ2) is 6.06. The van der Waals surface area contributed by atoms with Gasteiger partial charge in [-0.2, -0.15) is 0 Å². The maximum atomic E-state index is 12.7. The molecule has 4 rings (SSSR count). The van der Waals surface area contributed by atoms with Crippen LogP contribution in [0.2, 0.25) is 0 Å². The number of imide groups is 1. The number of urea groups is 1. The molecule has 0 aromatic heterocycles. The van der Waals surface area contributed by atoms with E-state index in [0.29, 0.717) is 6.67 Å². The van der Waals surface area contributed by atoms with Crippen LogP contribution in [0.25, 0.3) is 5.57 Å². The van der Waals surface area contributed by atoms with Gasteiger partial charge < -0.3 is 5.32 Å². The largest absolute Gasteiger partial charge is 0.326 e. The molecular weight excluding hydrogens is 302 g/mol. The molecule has 3 aliphatic rings. The highest BCUT2D eigenvalue weighted by Gasteiger charge is 2.52. The van der Waals surface area contributed by atoms with E-state index in [-0.39, 0.29) is 11.9 Å². The van der Waals surface area contributed by atoms with Gasteiger partial charge in [0.15, 0.2) is 0 Å². The number of benzene rings is 1. The lowest BCUT2D eigenvalue weighted by Crippen LogP contribution is -2.46. The molecule has 0 radical (unpaired) electrons. The van der Waals surface area contributed by atoms with Crippen LogP contribution < -0.4 is 5.32 Å². The second-order valence-corrected chi connectivity index (χ2v) is 7.02. The molecule has 0 bridgehead atoms. The molecular formula is C19H23N3O2. The Bertz CT molecular complexity index is 677. The van der Waals surface area contributed by atoms with Gasteiger partial charge in [0.1, 0.15) is 5.54 Å². The fraction of sp³-hybridized carbons (Fsp3) is 0.474. The van der Waals surface area contributed by atoms with Gasteiger partial charge in [-0.15, -0.1) is 0 Å². The molecule has 126 valence electrons. The Hall–Kier alpha value is -2.14. The number of nitrogens with one attached hydrogen (secondary N) is 1. The lowest BCUT2D eigenvalue weighted by atomic mass is 9.98. The topological polar surface area (TPSA) is 52.7 Å². The number of nitrogens with zero attached hydrogens (tertiary/aromatic N) is 2. The molecule has 1 saturated carbocycles. The molecule has 1 saturated heterocycles. The van der Waals surface area contributed by atoms with Crippen LogP contribution in [-0.4, -0.2) is 47.0 Å². The normalized spacial score (nSPS) is 23.7. The molecule has 0 atom stereocenters. The molecule has 2 fully saturated rings. The summed E-state index contributed by atoms with van der Waals surface area (Å²) in [7, 11) is 0. The summed E-state index contributed by atoms with van der Waals surface area (Å²) in [6.07, 6.45) is 6.76. The minimum Gasteiger partial charge on any atom is -0.323 e. The molecule has 1 spiro atoms. The zero-order valence-corrected chi connectivity index (χ0v) is 13.8. The minimum atomic E-state index is -0.599. The Kier molecular flexibility index (Phi) is 3.88. The molecule has 5 heteroatoms. The van der Waals surface area contributed by atoms with E-state index in [4.69, 9.17) is 0 Å². The van der Waals surface area contributed by atoms with Crippen LogP contribution in [-0.2, 0) is 4.79 Å². The summed E-state index contributed by atoms with van der Waals surface area (Å²) < 4.78 is 0. The predicted octanol–water partition coefficient (Wildman–Crippen LogP) is 2.60. The number of amides is 3. The summed E-state index contributed by atoms with van der Waals surface area (Å²) in [6.45, 7) is 2.03. The van der Waals surface area contributed by atoms with E-state index in [1.54, 1.807) is 0 Å². The SMILES string of the molecule is O=C1NC2(CCCC2)C(=O)N1CN1CC=C(c2ccccc2)CC1. The number of rotatable bonds is 3. The summed E-state index contributed by atoms with van der Waals surface area (Å²) in [4.78, 5) is 28.5. The van der Waals surface area contributed by atoms with E-state index in [9.17, 15) is 9.59 Å². The van der Waals surface area contributed by atoms with Crippen LogP contribution in [0.3, 0.4) is 0 Å². The monoisotopic (exact) mass is 325 g/mol. The highest BCUT2D eigenvalue weighted by atomic mass is 16.2. The van der Waals surface area contributed by atoms with E-state index in [1.807, 2.05) is 6.07 Å². The van der Waals surface area contributed by atoms with Gasteiger partial charge in [0, 0.05) is 13.1 Å². The van der Waals surface area contributed by atoms with Crippen molar-refractivity contribution in [1.29, 1.82) is 0 Å². The Morgan fingerprint density at radius 1 is 1.08 bits per heavy atom. The number of hydrogen-bond acceptors (Lipinski definition) is 3. The third kappa shape index (κ3) is 2.63. The van der Waals surface area contributed by atoms with Gasteiger partial charge in [-0.1, -0.05) is 49.2 Å². The van der Waals surface area contributed by atoms with Gasteiger partial charge in [0.2, 0.25) is 0 Å². The second-order valence-electron chi connectivity index (χ2n) is 7.02. The quantitative estimate of drug-likeness (QED) is 0.869. The van der Waals surface area contributed by atoms with Gasteiger partial charge >= 0.3 is 6.03 Å². The summed E-state index contributed by atoms with van der Waals surface area (Å²) in [5.74, 6) is -0.0252. The van der Waals surface area contributed by atoms with Crippen LogP contribution >= 0.6 is 0 Å². The van der Waals surface area contributed by atoms with Gasteiger partial charge in [0.25, 0.3) is 5.91 Å². The van der Waals surface area contributed by atoms with Crippen molar-refractivity contribution in [3.8, 4) is 0 Å². The molecule has 1 N–H and O–H groups in total. The Morgan fingerprint density at radius 3 is 2.50 bits per heavy atom. The average molecular weight is 325 g/mol. The van der Waals surface area contributed by atoms with Crippen LogP contribution in [0.4, 0.5) is 4.79 Å². The standard InChI is InChI=1S/C19H23N3O2/c23-17-19(10-4-5-11-19)20-18(24)22(17)14-21-12-8-16(9-13-21)15-6-2-1-3-7-15/h1-3,6-8H,4-5,9-14H2,(H,20,24). The van der Waals surface area contributed by atoms with Crippen molar-refractivity contribution in [3.05, 3.63) is 42.0 Å². The van der Waals surface area contributed by atoms with Crippen molar-refractivity contribution in [3.63, 3.8) is 0 Å². The van der Waals surface area contributed by atoms with E-state index in [0.717, 1.165) is 45.2 Å². The Balaban J connectivity index is 1.41. The van der Waals surface area contributed by atoms with Crippen molar-refractivity contribution in [2.45, 2.75) is 37.6 Å². The molecule has 1 aliphatic carbocycles. The van der Waals surface area contributed by atoms with Gasteiger partial charge in [-0.25, -0.2) is 9.69 Å². The number of hydrogen-bond donors (Lipinski definition) is 1. The van der Waals surface area contributed by atoms with Crippen molar-refractivity contribution in [2.24, 2.45) is 0 Å². The summed E-state index contributed by atoms with van der Waals surface area (Å²) in [5.41, 5.74) is 2.01. The smallest absolute Gasteiger partial charge is 0.323 e. The lowest BCUT2D eigenvalue weighted by molar-refractivity contribution is -0.132. The minimum absolute atomic E-state index is 0.0252.